The number of amides is 10. The van der Waals surface area contributed by atoms with Crippen molar-refractivity contribution in [3.05, 3.63) is 209 Å². The van der Waals surface area contributed by atoms with Crippen molar-refractivity contribution in [2.75, 3.05) is 94.2 Å². The number of carbonyl (C=O) groups is 9. The quantitative estimate of drug-likeness (QED) is 0.0753. The van der Waals surface area contributed by atoms with Gasteiger partial charge in [0.25, 0.3) is 0 Å². The van der Waals surface area contributed by atoms with E-state index in [1.165, 1.54) is 11.1 Å². The number of urea groups is 1. The van der Waals surface area contributed by atoms with E-state index in [0.717, 1.165) is 102 Å². The van der Waals surface area contributed by atoms with Crippen molar-refractivity contribution in [2.24, 2.45) is 17.3 Å². The van der Waals surface area contributed by atoms with Crippen LogP contribution < -0.4 is 15.1 Å². The van der Waals surface area contributed by atoms with Crippen LogP contribution in [0.15, 0.2) is 170 Å². The summed E-state index contributed by atoms with van der Waals surface area (Å²) in [6.45, 7) is 28.3. The van der Waals surface area contributed by atoms with Crippen LogP contribution in [0.25, 0.3) is 5.69 Å². The number of hydrogen-bond donors (Lipinski definition) is 1. The van der Waals surface area contributed by atoms with Crippen molar-refractivity contribution < 1.29 is 44.6 Å². The maximum Gasteiger partial charge on any atom is 0.322 e. The highest BCUT2D eigenvalue weighted by Crippen LogP contribution is 2.53. The topological polar surface area (TPSA) is 213 Å². The molecular weight excluding hydrogens is 1560 g/mol. The van der Waals surface area contributed by atoms with E-state index in [9.17, 15) is 43.2 Å². The number of fused-ring (bicyclic) bond motifs is 5. The number of rotatable bonds is 20. The van der Waals surface area contributed by atoms with Gasteiger partial charge in [-0.05, 0) is 145 Å². The monoisotopic (exact) mass is 1680 g/mol. The number of carbonyl (C=O) groups excluding carboxylic acids is 9. The molecule has 6 atom stereocenters. The fourth-order valence-electron chi connectivity index (χ4n) is 18.7. The summed E-state index contributed by atoms with van der Waals surface area (Å²) in [5.41, 5.74) is 11.3. The number of piperidine rings is 3. The Labute approximate surface area is 723 Å². The van der Waals surface area contributed by atoms with Crippen LogP contribution in [0.1, 0.15) is 209 Å². The minimum absolute atomic E-state index is 0. The third-order valence-corrected chi connectivity index (χ3v) is 30.4. The molecule has 16 rings (SSSR count). The molecule has 6 fully saturated rings. The first kappa shape index (κ1) is 87.0. The van der Waals surface area contributed by atoms with Gasteiger partial charge in [-0.3, -0.25) is 38.4 Å². The van der Waals surface area contributed by atoms with Gasteiger partial charge in [0.15, 0.2) is 0 Å². The lowest BCUT2D eigenvalue weighted by Crippen LogP contribution is -2.50. The lowest BCUT2D eigenvalue weighted by molar-refractivity contribution is -0.138. The zero-order valence-corrected chi connectivity index (χ0v) is 74.2. The molecule has 0 radical (unpaired) electrons. The third kappa shape index (κ3) is 19.0. The first-order valence-corrected chi connectivity index (χ1v) is 46.3. The van der Waals surface area contributed by atoms with Crippen molar-refractivity contribution >= 4 is 106 Å². The van der Waals surface area contributed by atoms with Crippen LogP contribution in [0.5, 0.6) is 0 Å². The van der Waals surface area contributed by atoms with Crippen molar-refractivity contribution in [1.82, 2.24) is 43.9 Å². The van der Waals surface area contributed by atoms with Crippen LogP contribution >= 0.6 is 35.3 Å². The molecule has 24 heteroatoms. The molecule has 6 aromatic carbocycles. The van der Waals surface area contributed by atoms with Crippen molar-refractivity contribution in [2.45, 2.75) is 207 Å². The fraction of sp³-hybridized carbons (Fsp3) is 0.500. The number of nitrogens with zero attached hydrogens (tertiary/aromatic N) is 11. The minimum atomic E-state index is -0.536. The van der Waals surface area contributed by atoms with Crippen LogP contribution in [0.2, 0.25) is 0 Å². The fourth-order valence-corrected chi connectivity index (χ4v) is 23.2. The van der Waals surface area contributed by atoms with Gasteiger partial charge < -0.3 is 54.0 Å². The maximum absolute atomic E-state index is 13.9. The number of para-hydroxylation sites is 3. The Kier molecular flexibility index (Phi) is 27.2. The van der Waals surface area contributed by atoms with Gasteiger partial charge in [0, 0.05) is 153 Å². The third-order valence-electron chi connectivity index (χ3n) is 26.0. The molecule has 0 saturated carbocycles. The molecule has 9 aliphatic heterocycles. The average Bonchev–Trinajstić information content (AvgIpc) is 1.58. The van der Waals surface area contributed by atoms with Crippen molar-refractivity contribution in [1.29, 1.82) is 0 Å². The SMILES string of the molecule is CC(=O)N1CC2(CCN(C(=O)CC3SC(c4ccccc4)N(CCC(C)C)C3=O)CC2)c2cc(C(C)C)ccc21.CC(C)(C)CCN1C(=O)C(CC(=O)N2CCC(N3CCc4ccccc4NC3=O)CC2)SC1c1ccccc1-n1ccnc1.CC(C)CCN1C(=O)C(CC(=O)N2CCC3(CC2)C(=O)N(C)c2ccccc23)SC1c1ccccc1.[HH]. The molecule has 0 aliphatic carbocycles. The molecule has 10 heterocycles. The van der Waals surface area contributed by atoms with Crippen molar-refractivity contribution in [3.8, 4) is 5.69 Å². The average molecular weight is 1680 g/mol. The zero-order chi connectivity index (χ0) is 84.9. The molecule has 7 aromatic rings. The summed E-state index contributed by atoms with van der Waals surface area (Å²) in [5.74, 6) is 1.91. The lowest BCUT2D eigenvalue weighted by Gasteiger charge is -2.40. The number of aromatic nitrogens is 2. The highest BCUT2D eigenvalue weighted by molar-refractivity contribution is 8.01. The predicted octanol–water partition coefficient (Wildman–Crippen LogP) is 16.7. The first-order chi connectivity index (χ1) is 57.6. The van der Waals surface area contributed by atoms with E-state index >= 15 is 0 Å². The molecule has 2 spiro atoms. The van der Waals surface area contributed by atoms with E-state index in [1.54, 1.807) is 59.6 Å². The normalized spacial score (nSPS) is 22.1. The Hall–Kier alpha value is -9.39. The van der Waals surface area contributed by atoms with Crippen LogP contribution in [0, 0.1) is 17.3 Å². The molecule has 0 bridgehead atoms. The zero-order valence-electron chi connectivity index (χ0n) is 71.7. The van der Waals surface area contributed by atoms with Gasteiger partial charge in [0.05, 0.1) is 33.2 Å². The van der Waals surface area contributed by atoms with Gasteiger partial charge in [-0.25, -0.2) is 9.78 Å². The largest absolute Gasteiger partial charge is 0.343 e. The van der Waals surface area contributed by atoms with E-state index in [1.807, 2.05) is 142 Å². The Bertz CT molecular complexity index is 4850. The summed E-state index contributed by atoms with van der Waals surface area (Å²) in [5, 5.41) is 1.63. The van der Waals surface area contributed by atoms with Gasteiger partial charge in [-0.2, -0.15) is 0 Å². The Morgan fingerprint density at radius 2 is 1.05 bits per heavy atom. The number of anilines is 3. The molecule has 10 amide bonds. The van der Waals surface area contributed by atoms with E-state index in [4.69, 9.17) is 0 Å². The number of benzene rings is 6. The molecule has 21 nitrogen and oxygen atoms in total. The number of thioether (sulfide) groups is 3. The highest BCUT2D eigenvalue weighted by atomic mass is 32.2. The van der Waals surface area contributed by atoms with Gasteiger partial charge in [0.2, 0.25) is 47.3 Å². The van der Waals surface area contributed by atoms with Gasteiger partial charge in [-0.1, -0.05) is 190 Å². The Morgan fingerprint density at radius 3 is 1.58 bits per heavy atom. The molecule has 1 aromatic heterocycles. The molecule has 120 heavy (non-hydrogen) atoms. The Morgan fingerprint density at radius 1 is 0.550 bits per heavy atom. The van der Waals surface area contributed by atoms with Crippen molar-refractivity contribution in [3.63, 3.8) is 0 Å². The summed E-state index contributed by atoms with van der Waals surface area (Å²) in [4.78, 5) is 142. The first-order valence-electron chi connectivity index (χ1n) is 43.4. The number of hydrogen-bond acceptors (Lipinski definition) is 13. The van der Waals surface area contributed by atoms with E-state index in [0.29, 0.717) is 103 Å². The standard InChI is InChI=1S/C34H42N6O3S.C33H43N3O3S.C29H35N3O3S.H2/c1-34(2,3)15-20-40-31(42)29(44-32(40)26-9-5-7-11-28(26)38-21-16-35-23-38)22-30(41)37-17-13-25(14-18-37)39-19-12-24-8-4-6-10-27(24)36-33(39)43;1-22(2)13-16-35-31(39)29(40-32(35)25-9-7-6-8-10-25)20-30(38)34-17-14-33(15-18-34)21-36(24(5)37)28-12-11-26(23(3)4)19-27(28)33;1-20(2)13-16-32-26(34)24(36-27(32)21-9-5-4-6-10-21)19-25(33)31-17-14-29(15-18-31)22-11-7-8-12-23(22)30(3)28(29)35;/h4-11,16,21,23,25,29,32H,12-15,17-20,22H2,1-3H3,(H,36,43);6-12,19,22-23,29,32H,13-18,20-21H2,1-5H3;4-12,20,24,27H,13-19H2,1-3H3;1H. The summed E-state index contributed by atoms with van der Waals surface area (Å²) in [6, 6.07) is 51.0. The number of nitrogens with one attached hydrogen (secondary N) is 1. The van der Waals surface area contributed by atoms with E-state index in [-0.39, 0.29) is 117 Å². The van der Waals surface area contributed by atoms with Gasteiger partial charge in [-0.15, -0.1) is 35.3 Å². The van der Waals surface area contributed by atoms with Crippen LogP contribution in [-0.4, -0.2) is 198 Å². The second-order valence-corrected chi connectivity index (χ2v) is 40.2. The number of likely N-dealkylation sites (tertiary alicyclic amines) is 3. The minimum Gasteiger partial charge on any atom is -0.343 e. The van der Waals surface area contributed by atoms with Crippen LogP contribution in [0.4, 0.5) is 21.9 Å². The summed E-state index contributed by atoms with van der Waals surface area (Å²) >= 11 is 4.82. The molecule has 6 saturated heterocycles. The summed E-state index contributed by atoms with van der Waals surface area (Å²) in [6.07, 6.45) is 14.0. The number of imidazole rings is 1. The smallest absolute Gasteiger partial charge is 0.322 e. The second kappa shape index (κ2) is 37.5. The molecule has 638 valence electrons. The van der Waals surface area contributed by atoms with Gasteiger partial charge in [0.1, 0.15) is 16.1 Å². The van der Waals surface area contributed by atoms with Crippen LogP contribution in [0.3, 0.4) is 0 Å². The van der Waals surface area contributed by atoms with E-state index < -0.39 is 10.7 Å². The molecule has 6 unspecified atom stereocenters. The molecule has 9 aliphatic rings. The summed E-state index contributed by atoms with van der Waals surface area (Å²) in [7, 11) is 1.84. The Balaban J connectivity index is 0.000000157. The highest BCUT2D eigenvalue weighted by Gasteiger charge is 2.53. The number of likely N-dealkylation sites (N-methyl/N-ethyl adjacent to an activating group) is 1. The molecular formula is C96H122N12O9S3. The van der Waals surface area contributed by atoms with Crippen LogP contribution in [-0.2, 0) is 55.6 Å². The summed E-state index contributed by atoms with van der Waals surface area (Å²) < 4.78 is 1.98. The van der Waals surface area contributed by atoms with Gasteiger partial charge >= 0.3 is 6.03 Å². The predicted molar refractivity (Wildman–Crippen MR) is 482 cm³/mol. The second-order valence-electron chi connectivity index (χ2n) is 36.3. The molecule has 1 N–H and O–H groups in total. The van der Waals surface area contributed by atoms with E-state index in [2.05, 4.69) is 139 Å². The lowest BCUT2D eigenvalue weighted by atomic mass is 9.73. The maximum atomic E-state index is 13.9.